The number of anilines is 1. The summed E-state index contributed by atoms with van der Waals surface area (Å²) in [6.45, 7) is 1.40. The summed E-state index contributed by atoms with van der Waals surface area (Å²) in [6.07, 6.45) is 0.816. The minimum Gasteiger partial charge on any atom is -0.348 e. The highest BCUT2D eigenvalue weighted by molar-refractivity contribution is 7.98. The summed E-state index contributed by atoms with van der Waals surface area (Å²) in [7, 11) is 4.09. The van der Waals surface area contributed by atoms with Crippen LogP contribution in [0.4, 0.5) is 5.82 Å². The molecule has 0 radical (unpaired) electrons. The topological polar surface area (TPSA) is 80.5 Å². The normalized spacial score (nSPS) is 12.9. The Balaban J connectivity index is 1.73. The molecule has 2 aromatic rings. The van der Waals surface area contributed by atoms with Crippen molar-refractivity contribution in [3.63, 3.8) is 0 Å². The van der Waals surface area contributed by atoms with Crippen molar-refractivity contribution in [2.24, 2.45) is 0 Å². The Morgan fingerprint density at radius 1 is 1.22 bits per heavy atom. The fraction of sp³-hybridized carbons (Fsp3) is 0.389. The summed E-state index contributed by atoms with van der Waals surface area (Å²) >= 11 is 7.70. The number of carbonyl (C=O) groups excluding carboxylic acids is 2. The molecule has 1 aromatic heterocycles. The molecule has 1 aliphatic heterocycles. The lowest BCUT2D eigenvalue weighted by atomic mass is 10.2. The van der Waals surface area contributed by atoms with Crippen LogP contribution in [0.2, 0.25) is 5.02 Å². The van der Waals surface area contributed by atoms with E-state index in [1.807, 2.05) is 26.2 Å². The van der Waals surface area contributed by atoms with E-state index in [1.54, 1.807) is 28.6 Å². The molecule has 1 aliphatic rings. The number of amides is 2. The number of benzene rings is 1. The molecule has 0 atom stereocenters. The van der Waals surface area contributed by atoms with Gasteiger partial charge in [0.15, 0.2) is 0 Å². The number of nitrogens with zero attached hydrogens (tertiary/aromatic N) is 2. The molecule has 0 fully saturated rings. The molecule has 0 unspecified atom stereocenters. The Labute approximate surface area is 167 Å². The van der Waals surface area contributed by atoms with Crippen molar-refractivity contribution in [1.82, 2.24) is 15.1 Å². The Kier molecular flexibility index (Phi) is 6.41. The highest BCUT2D eigenvalue weighted by atomic mass is 35.5. The predicted octanol–water partition coefficient (Wildman–Crippen LogP) is 0.862. The van der Waals surface area contributed by atoms with Gasteiger partial charge in [-0.05, 0) is 24.3 Å². The number of hydrogen-bond donors (Lipinski definition) is 3. The Morgan fingerprint density at radius 3 is 2.67 bits per heavy atom. The van der Waals surface area contributed by atoms with E-state index in [-0.39, 0.29) is 0 Å². The number of nitrogens with one attached hydrogen (secondary N) is 3. The second-order valence-electron chi connectivity index (χ2n) is 6.68. The van der Waals surface area contributed by atoms with E-state index in [0.29, 0.717) is 17.4 Å². The number of fused-ring (bicyclic) bond motifs is 1. The van der Waals surface area contributed by atoms with Gasteiger partial charge in [-0.3, -0.25) is 9.59 Å². The summed E-state index contributed by atoms with van der Waals surface area (Å²) in [5.41, 5.74) is 2.68. The summed E-state index contributed by atoms with van der Waals surface area (Å²) in [5, 5.41) is 10.6. The van der Waals surface area contributed by atoms with Gasteiger partial charge < -0.3 is 15.5 Å². The van der Waals surface area contributed by atoms with E-state index in [4.69, 9.17) is 11.6 Å². The van der Waals surface area contributed by atoms with Gasteiger partial charge in [-0.15, -0.1) is 0 Å². The van der Waals surface area contributed by atoms with Crippen LogP contribution in [-0.4, -0.2) is 48.8 Å². The van der Waals surface area contributed by atoms with Gasteiger partial charge in [0.25, 0.3) is 0 Å². The highest BCUT2D eigenvalue weighted by Gasteiger charge is 2.26. The van der Waals surface area contributed by atoms with Gasteiger partial charge >= 0.3 is 11.8 Å². The SMILES string of the molecule is C[NH+](C)CCCNC(=O)C(=O)Nc1c2c(nn1-c1ccc(Cl)cc1)CSC2. The first kappa shape index (κ1) is 19.7. The van der Waals surface area contributed by atoms with Crippen molar-refractivity contribution in [1.29, 1.82) is 0 Å². The Hall–Kier alpha value is -2.03. The third kappa shape index (κ3) is 4.82. The Morgan fingerprint density at radius 2 is 1.96 bits per heavy atom. The predicted molar refractivity (Wildman–Crippen MR) is 108 cm³/mol. The molecule has 2 heterocycles. The maximum Gasteiger partial charge on any atom is 0.314 e. The minimum absolute atomic E-state index is 0.474. The van der Waals surface area contributed by atoms with Crippen LogP contribution in [0.5, 0.6) is 0 Å². The monoisotopic (exact) mass is 408 g/mol. The second kappa shape index (κ2) is 8.77. The zero-order valence-electron chi connectivity index (χ0n) is 15.3. The molecule has 0 aliphatic carbocycles. The zero-order valence-corrected chi connectivity index (χ0v) is 16.9. The number of thioether (sulfide) groups is 1. The fourth-order valence-electron chi connectivity index (χ4n) is 2.80. The van der Waals surface area contributed by atoms with E-state index in [9.17, 15) is 9.59 Å². The standard InChI is InChI=1S/C18H22ClN5O2S/c1-23(2)9-3-8-20-17(25)18(26)21-16-14-10-27-11-15(14)22-24(16)13-6-4-12(19)5-7-13/h4-7H,3,8-11H2,1-2H3,(H,20,25)(H,21,26)/p+1. The molecule has 0 bridgehead atoms. The lowest BCUT2D eigenvalue weighted by Crippen LogP contribution is -3.05. The number of aromatic nitrogens is 2. The van der Waals surface area contributed by atoms with Gasteiger partial charge in [-0.1, -0.05) is 11.6 Å². The van der Waals surface area contributed by atoms with E-state index in [2.05, 4.69) is 15.7 Å². The van der Waals surface area contributed by atoms with Gasteiger partial charge in [0.1, 0.15) is 5.82 Å². The van der Waals surface area contributed by atoms with Crippen molar-refractivity contribution < 1.29 is 14.5 Å². The van der Waals surface area contributed by atoms with E-state index < -0.39 is 11.8 Å². The number of halogens is 1. The summed E-state index contributed by atoms with van der Waals surface area (Å²) in [5.74, 6) is 0.785. The summed E-state index contributed by atoms with van der Waals surface area (Å²) in [4.78, 5) is 25.8. The van der Waals surface area contributed by atoms with Crippen LogP contribution in [0.3, 0.4) is 0 Å². The number of quaternary nitrogens is 1. The average Bonchev–Trinajstić information content (AvgIpc) is 3.21. The highest BCUT2D eigenvalue weighted by Crippen LogP contribution is 2.36. The maximum atomic E-state index is 12.4. The lowest BCUT2D eigenvalue weighted by molar-refractivity contribution is -0.858. The second-order valence-corrected chi connectivity index (χ2v) is 8.10. The first-order chi connectivity index (χ1) is 13.0. The van der Waals surface area contributed by atoms with Crippen LogP contribution in [0.25, 0.3) is 5.69 Å². The zero-order chi connectivity index (χ0) is 19.4. The van der Waals surface area contributed by atoms with Crippen molar-refractivity contribution in [3.8, 4) is 5.69 Å². The molecule has 0 saturated carbocycles. The molecular weight excluding hydrogens is 386 g/mol. The molecule has 3 rings (SSSR count). The molecule has 2 amide bonds. The molecular formula is C18H23ClN5O2S+. The molecule has 1 aromatic carbocycles. The molecule has 27 heavy (non-hydrogen) atoms. The molecule has 9 heteroatoms. The van der Waals surface area contributed by atoms with Gasteiger partial charge in [-0.2, -0.15) is 16.9 Å². The quantitative estimate of drug-likeness (QED) is 0.489. The smallest absolute Gasteiger partial charge is 0.314 e. The van der Waals surface area contributed by atoms with E-state index in [1.165, 1.54) is 4.90 Å². The van der Waals surface area contributed by atoms with Crippen molar-refractivity contribution in [2.45, 2.75) is 17.9 Å². The molecule has 0 saturated heterocycles. The number of carbonyl (C=O) groups is 2. The molecule has 3 N–H and O–H groups in total. The van der Waals surface area contributed by atoms with Gasteiger partial charge in [0, 0.05) is 35.1 Å². The minimum atomic E-state index is -0.679. The maximum absolute atomic E-state index is 12.4. The number of rotatable bonds is 6. The largest absolute Gasteiger partial charge is 0.348 e. The molecule has 7 nitrogen and oxygen atoms in total. The molecule has 144 valence electrons. The first-order valence-electron chi connectivity index (χ1n) is 8.78. The van der Waals surface area contributed by atoms with Crippen molar-refractivity contribution in [3.05, 3.63) is 40.5 Å². The van der Waals surface area contributed by atoms with Crippen molar-refractivity contribution in [2.75, 3.05) is 32.5 Å². The van der Waals surface area contributed by atoms with Crippen LogP contribution in [-0.2, 0) is 21.1 Å². The van der Waals surface area contributed by atoms with E-state index >= 15 is 0 Å². The average molecular weight is 409 g/mol. The van der Waals surface area contributed by atoms with Gasteiger partial charge in [-0.25, -0.2) is 4.68 Å². The van der Waals surface area contributed by atoms with E-state index in [0.717, 1.165) is 41.4 Å². The Bertz CT molecular complexity index is 835. The van der Waals surface area contributed by atoms with Crippen LogP contribution < -0.4 is 15.5 Å². The lowest BCUT2D eigenvalue weighted by Gasteiger charge is -2.11. The van der Waals surface area contributed by atoms with Crippen LogP contribution in [0.1, 0.15) is 17.7 Å². The summed E-state index contributed by atoms with van der Waals surface area (Å²) < 4.78 is 1.67. The third-order valence-electron chi connectivity index (χ3n) is 4.20. The van der Waals surface area contributed by atoms with Gasteiger partial charge in [0.05, 0.1) is 32.0 Å². The fourth-order valence-corrected chi connectivity index (χ4v) is 3.96. The van der Waals surface area contributed by atoms with Crippen molar-refractivity contribution >= 4 is 41.0 Å². The first-order valence-corrected chi connectivity index (χ1v) is 10.3. The third-order valence-corrected chi connectivity index (χ3v) is 5.42. The molecule has 0 spiro atoms. The van der Waals surface area contributed by atoms with Crippen LogP contribution >= 0.6 is 23.4 Å². The van der Waals surface area contributed by atoms with Crippen LogP contribution in [0.15, 0.2) is 24.3 Å². The van der Waals surface area contributed by atoms with Gasteiger partial charge in [0.2, 0.25) is 0 Å². The van der Waals surface area contributed by atoms with Crippen LogP contribution in [0, 0.1) is 0 Å². The summed E-state index contributed by atoms with van der Waals surface area (Å²) in [6, 6.07) is 7.20. The number of hydrogen-bond acceptors (Lipinski definition) is 4.